The van der Waals surface area contributed by atoms with Crippen molar-refractivity contribution in [1.29, 1.82) is 0 Å². The summed E-state index contributed by atoms with van der Waals surface area (Å²) in [5, 5.41) is 9.93. The SMILES string of the molecule is O=[N+]([O-])C1=COCOC1. The molecule has 50 valence electrons. The molecule has 0 saturated carbocycles. The molecule has 1 heterocycles. The van der Waals surface area contributed by atoms with Crippen molar-refractivity contribution in [2.24, 2.45) is 0 Å². The molecule has 0 spiro atoms. The van der Waals surface area contributed by atoms with E-state index in [0.29, 0.717) is 0 Å². The van der Waals surface area contributed by atoms with Gasteiger partial charge in [-0.2, -0.15) is 0 Å². The first kappa shape index (κ1) is 6.03. The van der Waals surface area contributed by atoms with E-state index in [9.17, 15) is 10.1 Å². The Morgan fingerprint density at radius 3 is 2.89 bits per heavy atom. The molecule has 0 aromatic carbocycles. The van der Waals surface area contributed by atoms with Crippen LogP contribution < -0.4 is 0 Å². The van der Waals surface area contributed by atoms with E-state index in [2.05, 4.69) is 9.47 Å². The largest absolute Gasteiger partial charge is 0.468 e. The molecule has 0 N–H and O–H groups in total. The Labute approximate surface area is 51.0 Å². The van der Waals surface area contributed by atoms with Gasteiger partial charge in [0.2, 0.25) is 0 Å². The Balaban J connectivity index is 2.57. The topological polar surface area (TPSA) is 61.6 Å². The van der Waals surface area contributed by atoms with Crippen molar-refractivity contribution in [3.63, 3.8) is 0 Å². The molecular weight excluding hydrogens is 126 g/mol. The summed E-state index contributed by atoms with van der Waals surface area (Å²) in [6.07, 6.45) is 1.10. The van der Waals surface area contributed by atoms with Gasteiger partial charge in [-0.3, -0.25) is 10.1 Å². The molecule has 0 fully saturated rings. The number of nitro groups is 1. The van der Waals surface area contributed by atoms with E-state index in [0.717, 1.165) is 6.26 Å². The van der Waals surface area contributed by atoms with Crippen LogP contribution >= 0.6 is 0 Å². The highest BCUT2D eigenvalue weighted by Crippen LogP contribution is 2.02. The maximum Gasteiger partial charge on any atom is 0.305 e. The van der Waals surface area contributed by atoms with Crippen molar-refractivity contribution in [2.75, 3.05) is 13.4 Å². The van der Waals surface area contributed by atoms with Crippen molar-refractivity contribution in [3.8, 4) is 0 Å². The first-order valence-electron chi connectivity index (χ1n) is 2.33. The Morgan fingerprint density at radius 2 is 2.56 bits per heavy atom. The highest BCUT2D eigenvalue weighted by atomic mass is 16.7. The Morgan fingerprint density at radius 1 is 1.78 bits per heavy atom. The lowest BCUT2D eigenvalue weighted by atomic mass is 10.5. The third-order valence-corrected chi connectivity index (χ3v) is 0.855. The molecule has 0 unspecified atom stereocenters. The van der Waals surface area contributed by atoms with E-state index in [1.54, 1.807) is 0 Å². The van der Waals surface area contributed by atoms with E-state index >= 15 is 0 Å². The maximum atomic E-state index is 9.93. The number of rotatable bonds is 1. The van der Waals surface area contributed by atoms with Gasteiger partial charge in [-0.05, 0) is 0 Å². The minimum absolute atomic E-state index is 0.0347. The van der Waals surface area contributed by atoms with Crippen molar-refractivity contribution in [1.82, 2.24) is 0 Å². The minimum atomic E-state index is -0.529. The zero-order chi connectivity index (χ0) is 6.69. The van der Waals surface area contributed by atoms with Crippen LogP contribution in [0.2, 0.25) is 0 Å². The highest BCUT2D eigenvalue weighted by Gasteiger charge is 2.14. The molecule has 0 amide bonds. The van der Waals surface area contributed by atoms with Gasteiger partial charge >= 0.3 is 5.70 Å². The molecule has 0 aromatic rings. The smallest absolute Gasteiger partial charge is 0.305 e. The van der Waals surface area contributed by atoms with E-state index < -0.39 is 4.92 Å². The van der Waals surface area contributed by atoms with Gasteiger partial charge in [0.15, 0.2) is 13.1 Å². The van der Waals surface area contributed by atoms with E-state index in [4.69, 9.17) is 0 Å². The lowest BCUT2D eigenvalue weighted by Crippen LogP contribution is -2.13. The van der Waals surface area contributed by atoms with Crippen LogP contribution in [0.15, 0.2) is 12.0 Å². The standard InChI is InChI=1S/C4H5NO4/c6-5(7)4-1-8-3-9-2-4/h1H,2-3H2. The molecule has 9 heavy (non-hydrogen) atoms. The summed E-state index contributed by atoms with van der Waals surface area (Å²) in [6.45, 7) is 0.143. The molecule has 0 radical (unpaired) electrons. The van der Waals surface area contributed by atoms with E-state index in [1.165, 1.54) is 0 Å². The second-order valence-electron chi connectivity index (χ2n) is 1.50. The van der Waals surface area contributed by atoms with Crippen LogP contribution in [0.1, 0.15) is 0 Å². The van der Waals surface area contributed by atoms with E-state index in [1.807, 2.05) is 0 Å². The van der Waals surface area contributed by atoms with Crippen LogP contribution in [0.25, 0.3) is 0 Å². The van der Waals surface area contributed by atoms with Gasteiger partial charge in [0.1, 0.15) is 6.61 Å². The first-order chi connectivity index (χ1) is 4.30. The predicted molar refractivity (Wildman–Crippen MR) is 27.0 cm³/mol. The molecular formula is C4H5NO4. The van der Waals surface area contributed by atoms with Gasteiger partial charge in [0.05, 0.1) is 4.92 Å². The summed E-state index contributed by atoms with van der Waals surface area (Å²) >= 11 is 0. The zero-order valence-corrected chi connectivity index (χ0v) is 4.57. The summed E-state index contributed by atoms with van der Waals surface area (Å²) in [6, 6.07) is 0. The normalized spacial score (nSPS) is 18.0. The lowest BCUT2D eigenvalue weighted by molar-refractivity contribution is -0.436. The van der Waals surface area contributed by atoms with Crippen molar-refractivity contribution < 1.29 is 14.4 Å². The van der Waals surface area contributed by atoms with Crippen molar-refractivity contribution in [3.05, 3.63) is 22.1 Å². The number of nitrogens with zero attached hydrogens (tertiary/aromatic N) is 1. The van der Waals surface area contributed by atoms with Crippen molar-refractivity contribution >= 4 is 0 Å². The Bertz CT molecular complexity index is 153. The fourth-order valence-corrected chi connectivity index (χ4v) is 0.454. The van der Waals surface area contributed by atoms with Crippen LogP contribution in [-0.2, 0) is 9.47 Å². The maximum absolute atomic E-state index is 9.93. The van der Waals surface area contributed by atoms with E-state index in [-0.39, 0.29) is 19.1 Å². The third-order valence-electron chi connectivity index (χ3n) is 0.855. The lowest BCUT2D eigenvalue weighted by Gasteiger charge is -2.06. The van der Waals surface area contributed by atoms with Crippen LogP contribution in [-0.4, -0.2) is 18.3 Å². The molecule has 5 heteroatoms. The van der Waals surface area contributed by atoms with Crippen LogP contribution in [0.5, 0.6) is 0 Å². The summed E-state index contributed by atoms with van der Waals surface area (Å²) in [7, 11) is 0. The third kappa shape index (κ3) is 1.39. The summed E-state index contributed by atoms with van der Waals surface area (Å²) in [5.74, 6) is 0. The molecule has 0 saturated heterocycles. The average molecular weight is 131 g/mol. The summed E-state index contributed by atoms with van der Waals surface area (Å²) < 4.78 is 9.13. The molecule has 1 aliphatic heterocycles. The molecule has 1 aliphatic rings. The van der Waals surface area contributed by atoms with Crippen LogP contribution in [0.4, 0.5) is 0 Å². The first-order valence-corrected chi connectivity index (χ1v) is 2.33. The number of hydrogen-bond acceptors (Lipinski definition) is 4. The fraction of sp³-hybridized carbons (Fsp3) is 0.500. The van der Waals surface area contributed by atoms with Crippen molar-refractivity contribution in [2.45, 2.75) is 0 Å². The highest BCUT2D eigenvalue weighted by molar-refractivity contribution is 4.87. The van der Waals surface area contributed by atoms with Gasteiger partial charge < -0.3 is 9.47 Å². The molecule has 1 rings (SSSR count). The van der Waals surface area contributed by atoms with Gasteiger partial charge in [-0.15, -0.1) is 0 Å². The van der Waals surface area contributed by atoms with Gasteiger partial charge in [-0.25, -0.2) is 0 Å². The zero-order valence-electron chi connectivity index (χ0n) is 4.57. The predicted octanol–water partition coefficient (Wildman–Crippen LogP) is 0.109. The molecule has 0 aromatic heterocycles. The Hall–Kier alpha value is -1.10. The van der Waals surface area contributed by atoms with Gasteiger partial charge in [-0.1, -0.05) is 0 Å². The van der Waals surface area contributed by atoms with Crippen LogP contribution in [0.3, 0.4) is 0 Å². The fourth-order valence-electron chi connectivity index (χ4n) is 0.454. The summed E-state index contributed by atoms with van der Waals surface area (Å²) in [4.78, 5) is 9.40. The van der Waals surface area contributed by atoms with Crippen LogP contribution in [0, 0.1) is 10.1 Å². The van der Waals surface area contributed by atoms with Gasteiger partial charge in [0, 0.05) is 0 Å². The molecule has 0 bridgehead atoms. The molecule has 5 nitrogen and oxygen atoms in total. The Kier molecular flexibility index (Phi) is 1.64. The average Bonchev–Trinajstić information content (AvgIpc) is 1.90. The summed E-state index contributed by atoms with van der Waals surface area (Å²) in [5.41, 5.74) is -0.0405. The molecule has 0 aliphatic carbocycles. The monoisotopic (exact) mass is 131 g/mol. The van der Waals surface area contributed by atoms with Gasteiger partial charge in [0.25, 0.3) is 0 Å². The second-order valence-corrected chi connectivity index (χ2v) is 1.50. The minimum Gasteiger partial charge on any atom is -0.468 e. The number of hydrogen-bond donors (Lipinski definition) is 0. The quantitative estimate of drug-likeness (QED) is 0.374. The second kappa shape index (κ2) is 2.45. The molecule has 0 atom stereocenters. The number of ether oxygens (including phenoxy) is 2.